The third-order valence-electron chi connectivity index (χ3n) is 2.42. The lowest BCUT2D eigenvalue weighted by molar-refractivity contribution is -0.115. The van der Waals surface area contributed by atoms with E-state index in [4.69, 9.17) is 0 Å². The molecule has 1 aromatic carbocycles. The molecule has 0 aliphatic carbocycles. The van der Waals surface area contributed by atoms with Crippen LogP contribution in [0.3, 0.4) is 0 Å². The Hall–Kier alpha value is -1.00. The van der Waals surface area contributed by atoms with Gasteiger partial charge in [-0.3, -0.25) is 4.79 Å². The SMILES string of the molecule is CSC(C)C(=O)Nc1cccc(CN(C)C)c1. The van der Waals surface area contributed by atoms with Gasteiger partial charge >= 0.3 is 0 Å². The summed E-state index contributed by atoms with van der Waals surface area (Å²) in [6, 6.07) is 7.97. The van der Waals surface area contributed by atoms with Gasteiger partial charge in [0.15, 0.2) is 0 Å². The third kappa shape index (κ3) is 4.79. The lowest BCUT2D eigenvalue weighted by atomic mass is 10.2. The van der Waals surface area contributed by atoms with E-state index in [1.54, 1.807) is 11.8 Å². The lowest BCUT2D eigenvalue weighted by Crippen LogP contribution is -2.22. The molecule has 1 unspecified atom stereocenters. The predicted octanol–water partition coefficient (Wildman–Crippen LogP) is 2.44. The molecule has 0 heterocycles. The van der Waals surface area contributed by atoms with Crippen LogP contribution in [0.15, 0.2) is 24.3 Å². The van der Waals surface area contributed by atoms with E-state index in [1.165, 1.54) is 5.56 Å². The fourth-order valence-electron chi connectivity index (χ4n) is 1.46. The number of hydrogen-bond acceptors (Lipinski definition) is 3. The first kappa shape index (κ1) is 14.1. The average Bonchev–Trinajstić information content (AvgIpc) is 2.27. The van der Waals surface area contributed by atoms with Crippen LogP contribution in [0.5, 0.6) is 0 Å². The lowest BCUT2D eigenvalue weighted by Gasteiger charge is -2.13. The van der Waals surface area contributed by atoms with E-state index < -0.39 is 0 Å². The van der Waals surface area contributed by atoms with E-state index in [0.717, 1.165) is 12.2 Å². The Balaban J connectivity index is 2.68. The quantitative estimate of drug-likeness (QED) is 0.873. The van der Waals surface area contributed by atoms with Gasteiger partial charge in [-0.25, -0.2) is 0 Å². The third-order valence-corrected chi connectivity index (χ3v) is 3.34. The maximum atomic E-state index is 11.7. The fraction of sp³-hybridized carbons (Fsp3) is 0.462. The second-order valence-corrected chi connectivity index (χ2v) is 5.48. The molecule has 4 heteroatoms. The van der Waals surface area contributed by atoms with Crippen LogP contribution >= 0.6 is 11.8 Å². The molecular weight excluding hydrogens is 232 g/mol. The highest BCUT2D eigenvalue weighted by atomic mass is 32.2. The summed E-state index contributed by atoms with van der Waals surface area (Å²) in [5.41, 5.74) is 2.07. The summed E-state index contributed by atoms with van der Waals surface area (Å²) in [6.07, 6.45) is 1.94. The zero-order valence-electron chi connectivity index (χ0n) is 10.9. The van der Waals surface area contributed by atoms with Crippen molar-refractivity contribution in [3.8, 4) is 0 Å². The van der Waals surface area contributed by atoms with Crippen molar-refractivity contribution in [3.63, 3.8) is 0 Å². The van der Waals surface area contributed by atoms with Crippen molar-refractivity contribution >= 4 is 23.4 Å². The van der Waals surface area contributed by atoms with Crippen LogP contribution in [0.1, 0.15) is 12.5 Å². The van der Waals surface area contributed by atoms with Crippen LogP contribution in [0.2, 0.25) is 0 Å². The van der Waals surface area contributed by atoms with Crippen molar-refractivity contribution in [1.82, 2.24) is 4.90 Å². The van der Waals surface area contributed by atoms with Gasteiger partial charge in [0.1, 0.15) is 0 Å². The average molecular weight is 252 g/mol. The second kappa shape index (κ2) is 6.67. The van der Waals surface area contributed by atoms with E-state index in [1.807, 2.05) is 45.5 Å². The Morgan fingerprint density at radius 1 is 1.47 bits per heavy atom. The summed E-state index contributed by atoms with van der Waals surface area (Å²) >= 11 is 1.55. The van der Waals surface area contributed by atoms with Crippen molar-refractivity contribution in [2.45, 2.75) is 18.7 Å². The van der Waals surface area contributed by atoms with Crippen LogP contribution in [-0.2, 0) is 11.3 Å². The van der Waals surface area contributed by atoms with Gasteiger partial charge in [0.25, 0.3) is 0 Å². The molecule has 0 aliphatic rings. The molecule has 3 nitrogen and oxygen atoms in total. The Morgan fingerprint density at radius 2 is 2.18 bits per heavy atom. The summed E-state index contributed by atoms with van der Waals surface area (Å²) in [4.78, 5) is 13.8. The molecule has 17 heavy (non-hydrogen) atoms. The maximum absolute atomic E-state index is 11.7. The molecule has 1 N–H and O–H groups in total. The van der Waals surface area contributed by atoms with Gasteiger partial charge < -0.3 is 10.2 Å². The Labute approximate surface area is 108 Å². The van der Waals surface area contributed by atoms with Crippen molar-refractivity contribution in [2.75, 3.05) is 25.7 Å². The van der Waals surface area contributed by atoms with Crippen LogP contribution in [0, 0.1) is 0 Å². The molecule has 0 bridgehead atoms. The van der Waals surface area contributed by atoms with Gasteiger partial charge in [0.05, 0.1) is 5.25 Å². The fourth-order valence-corrected chi connectivity index (χ4v) is 1.74. The molecule has 0 spiro atoms. The highest BCUT2D eigenvalue weighted by molar-refractivity contribution is 7.99. The number of carbonyl (C=O) groups excluding carboxylic acids is 1. The molecule has 1 amide bonds. The number of anilines is 1. The summed E-state index contributed by atoms with van der Waals surface area (Å²) in [7, 11) is 4.06. The van der Waals surface area contributed by atoms with Crippen LogP contribution in [-0.4, -0.2) is 36.4 Å². The number of rotatable bonds is 5. The van der Waals surface area contributed by atoms with Gasteiger partial charge in [-0.05, 0) is 45.0 Å². The van der Waals surface area contributed by atoms with Crippen molar-refractivity contribution < 1.29 is 4.79 Å². The van der Waals surface area contributed by atoms with E-state index in [0.29, 0.717) is 0 Å². The van der Waals surface area contributed by atoms with Gasteiger partial charge in [0.2, 0.25) is 5.91 Å². The largest absolute Gasteiger partial charge is 0.325 e. The summed E-state index contributed by atoms with van der Waals surface area (Å²) in [5.74, 6) is 0.0551. The summed E-state index contributed by atoms with van der Waals surface area (Å²) < 4.78 is 0. The first-order valence-electron chi connectivity index (χ1n) is 5.60. The van der Waals surface area contributed by atoms with Crippen LogP contribution in [0.4, 0.5) is 5.69 Å². The monoisotopic (exact) mass is 252 g/mol. The molecule has 94 valence electrons. The Bertz CT molecular complexity index is 379. The predicted molar refractivity (Wildman–Crippen MR) is 75.4 cm³/mol. The van der Waals surface area contributed by atoms with E-state index >= 15 is 0 Å². The number of carbonyl (C=O) groups is 1. The minimum Gasteiger partial charge on any atom is -0.325 e. The van der Waals surface area contributed by atoms with Crippen molar-refractivity contribution in [3.05, 3.63) is 29.8 Å². The van der Waals surface area contributed by atoms with Gasteiger partial charge in [-0.2, -0.15) is 11.8 Å². The van der Waals surface area contributed by atoms with Crippen LogP contribution < -0.4 is 5.32 Å². The van der Waals surface area contributed by atoms with Crippen LogP contribution in [0.25, 0.3) is 0 Å². The van der Waals surface area contributed by atoms with Gasteiger partial charge in [-0.15, -0.1) is 0 Å². The summed E-state index contributed by atoms with van der Waals surface area (Å²) in [5, 5.41) is 2.91. The normalized spacial score (nSPS) is 12.5. The highest BCUT2D eigenvalue weighted by Crippen LogP contribution is 2.14. The number of nitrogens with zero attached hydrogens (tertiary/aromatic N) is 1. The molecule has 1 atom stereocenters. The first-order chi connectivity index (χ1) is 8.02. The molecule has 0 aliphatic heterocycles. The highest BCUT2D eigenvalue weighted by Gasteiger charge is 2.11. The Morgan fingerprint density at radius 3 is 2.76 bits per heavy atom. The summed E-state index contributed by atoms with van der Waals surface area (Å²) in [6.45, 7) is 2.78. The standard InChI is InChI=1S/C13H20N2OS/c1-10(17-4)13(16)14-12-7-5-6-11(8-12)9-15(2)3/h5-8,10H,9H2,1-4H3,(H,14,16). The van der Waals surface area contributed by atoms with E-state index in [2.05, 4.69) is 16.3 Å². The molecule has 1 rings (SSSR count). The van der Waals surface area contributed by atoms with Gasteiger partial charge in [0, 0.05) is 12.2 Å². The number of amides is 1. The van der Waals surface area contributed by atoms with Crippen molar-refractivity contribution in [1.29, 1.82) is 0 Å². The minimum atomic E-state index is -0.0208. The molecule has 0 saturated carbocycles. The maximum Gasteiger partial charge on any atom is 0.237 e. The smallest absolute Gasteiger partial charge is 0.237 e. The van der Waals surface area contributed by atoms with E-state index in [9.17, 15) is 4.79 Å². The van der Waals surface area contributed by atoms with Gasteiger partial charge in [-0.1, -0.05) is 12.1 Å². The molecule has 0 saturated heterocycles. The molecule has 1 aromatic rings. The Kier molecular flexibility index (Phi) is 5.51. The molecular formula is C13H20N2OS. The molecule has 0 fully saturated rings. The topological polar surface area (TPSA) is 32.3 Å². The van der Waals surface area contributed by atoms with E-state index in [-0.39, 0.29) is 11.2 Å². The number of nitrogens with one attached hydrogen (secondary N) is 1. The number of benzene rings is 1. The second-order valence-electron chi connectivity index (χ2n) is 4.31. The number of thioether (sulfide) groups is 1. The molecule has 0 aromatic heterocycles. The molecule has 0 radical (unpaired) electrons. The zero-order valence-corrected chi connectivity index (χ0v) is 11.7. The van der Waals surface area contributed by atoms with Crippen molar-refractivity contribution in [2.24, 2.45) is 0 Å². The first-order valence-corrected chi connectivity index (χ1v) is 6.89. The number of hydrogen-bond donors (Lipinski definition) is 1. The minimum absolute atomic E-state index is 0.0208. The zero-order chi connectivity index (χ0) is 12.8.